The van der Waals surface area contributed by atoms with Gasteiger partial charge in [-0.3, -0.25) is 4.79 Å². The van der Waals surface area contributed by atoms with E-state index < -0.39 is 12.5 Å². The van der Waals surface area contributed by atoms with E-state index in [0.717, 1.165) is 0 Å². The van der Waals surface area contributed by atoms with E-state index in [4.69, 9.17) is 0 Å². The molecule has 1 amide bonds. The van der Waals surface area contributed by atoms with Crippen LogP contribution in [0.15, 0.2) is 48.8 Å². The van der Waals surface area contributed by atoms with Crippen molar-refractivity contribution in [3.63, 3.8) is 0 Å². The summed E-state index contributed by atoms with van der Waals surface area (Å²) < 4.78 is 30.3. The molecular weight excluding hydrogens is 318 g/mol. The second-order valence-corrected chi connectivity index (χ2v) is 4.16. The van der Waals surface area contributed by atoms with Crippen molar-refractivity contribution in [1.82, 2.24) is 0 Å². The van der Waals surface area contributed by atoms with E-state index in [1.807, 2.05) is 0 Å². The number of anilines is 1. The lowest BCUT2D eigenvalue weighted by Gasteiger charge is -2.10. The van der Waals surface area contributed by atoms with Crippen LogP contribution in [0.5, 0.6) is 11.5 Å². The van der Waals surface area contributed by atoms with Crippen molar-refractivity contribution in [1.29, 1.82) is 0 Å². The van der Waals surface area contributed by atoms with Crippen LogP contribution in [0.4, 0.5) is 14.5 Å². The average Bonchev–Trinajstić information content (AvgIpc) is 2.40. The van der Waals surface area contributed by atoms with E-state index in [1.165, 1.54) is 35.0 Å². The number of nitrogens with zero attached hydrogens (tertiary/aromatic N) is 1. The Morgan fingerprint density at radius 3 is 2.68 bits per heavy atom. The molecule has 2 aromatic rings. The van der Waals surface area contributed by atoms with Crippen LogP contribution in [-0.2, 0) is 11.3 Å². The Morgan fingerprint density at radius 1 is 1.27 bits per heavy atom. The highest BCUT2D eigenvalue weighted by Gasteiger charge is 2.14. The monoisotopic (exact) mass is 330 g/mol. The van der Waals surface area contributed by atoms with Gasteiger partial charge in [0.05, 0.1) is 5.69 Å². The van der Waals surface area contributed by atoms with Crippen molar-refractivity contribution in [2.75, 3.05) is 5.32 Å². The number of aromatic nitrogens is 1. The van der Waals surface area contributed by atoms with Crippen molar-refractivity contribution < 1.29 is 40.4 Å². The van der Waals surface area contributed by atoms with Gasteiger partial charge in [-0.2, -0.15) is 13.3 Å². The Morgan fingerprint density at radius 2 is 2.00 bits per heavy atom. The summed E-state index contributed by atoms with van der Waals surface area (Å²) in [6, 6.07) is 8.97. The first-order valence-corrected chi connectivity index (χ1v) is 6.06. The fourth-order valence-corrected chi connectivity index (χ4v) is 1.73. The van der Waals surface area contributed by atoms with Gasteiger partial charge in [0, 0.05) is 6.07 Å². The van der Waals surface area contributed by atoms with E-state index >= 15 is 0 Å². The van der Waals surface area contributed by atoms with Crippen LogP contribution in [0.2, 0.25) is 0 Å². The molecule has 1 heterocycles. The zero-order valence-corrected chi connectivity index (χ0v) is 12.0. The predicted octanol–water partition coefficient (Wildman–Crippen LogP) is -1.08. The van der Waals surface area contributed by atoms with Gasteiger partial charge in [0.25, 0.3) is 5.91 Å². The maximum Gasteiger partial charge on any atom is 0.387 e. The third-order valence-corrected chi connectivity index (χ3v) is 2.55. The molecule has 0 spiro atoms. The minimum atomic E-state index is -2.97. The van der Waals surface area contributed by atoms with Crippen molar-refractivity contribution in [3.05, 3.63) is 48.8 Å². The van der Waals surface area contributed by atoms with Gasteiger partial charge in [-0.15, -0.1) is 0 Å². The molecule has 5 nitrogen and oxygen atoms in total. The first-order valence-electron chi connectivity index (χ1n) is 6.06. The smallest absolute Gasteiger partial charge is 0.387 e. The zero-order valence-electron chi connectivity index (χ0n) is 11.2. The molecule has 0 atom stereocenters. The summed E-state index contributed by atoms with van der Waals surface area (Å²) in [5, 5.41) is 11.8. The molecule has 0 unspecified atom stereocenters. The van der Waals surface area contributed by atoms with Crippen LogP contribution in [-0.4, -0.2) is 17.6 Å². The summed E-state index contributed by atoms with van der Waals surface area (Å²) in [4.78, 5) is 11.9. The fourth-order valence-electron chi connectivity index (χ4n) is 1.73. The van der Waals surface area contributed by atoms with Crippen molar-refractivity contribution >= 4 is 11.6 Å². The fraction of sp³-hybridized carbons (Fsp3) is 0.143. The minimum absolute atomic E-state index is 0. The normalized spacial score (nSPS) is 9.95. The number of pyridine rings is 1. The molecule has 0 aliphatic carbocycles. The van der Waals surface area contributed by atoms with Crippen molar-refractivity contribution in [2.45, 2.75) is 13.2 Å². The Labute approximate surface area is 131 Å². The number of hydrogen-bond acceptors (Lipinski definition) is 3. The third kappa shape index (κ3) is 5.17. The number of carbonyl (C=O) groups is 1. The molecule has 1 aromatic heterocycles. The summed E-state index contributed by atoms with van der Waals surface area (Å²) in [7, 11) is 0. The number of halogens is 3. The van der Waals surface area contributed by atoms with Crippen molar-refractivity contribution in [3.8, 4) is 11.5 Å². The maximum atomic E-state index is 12.3. The van der Waals surface area contributed by atoms with E-state index in [-0.39, 0.29) is 36.1 Å². The Kier molecular flexibility index (Phi) is 6.52. The second-order valence-electron chi connectivity index (χ2n) is 4.16. The summed E-state index contributed by atoms with van der Waals surface area (Å²) in [6.45, 7) is -3.04. The van der Waals surface area contributed by atoms with Gasteiger partial charge in [0.2, 0.25) is 12.7 Å². The number of benzene rings is 1. The van der Waals surface area contributed by atoms with Gasteiger partial charge in [-0.1, -0.05) is 12.1 Å². The van der Waals surface area contributed by atoms with Crippen LogP contribution < -0.4 is 27.0 Å². The van der Waals surface area contributed by atoms with Gasteiger partial charge in [-0.25, -0.2) is 0 Å². The van der Waals surface area contributed by atoms with Crippen molar-refractivity contribution in [2.24, 2.45) is 0 Å². The molecule has 1 aromatic carbocycles. The Hall–Kier alpha value is -2.41. The van der Waals surface area contributed by atoms with E-state index in [1.54, 1.807) is 18.3 Å². The molecule has 22 heavy (non-hydrogen) atoms. The Bertz CT molecular complexity index is 641. The molecule has 0 aliphatic heterocycles. The summed E-state index contributed by atoms with van der Waals surface area (Å²) in [5.74, 6) is -0.524. The number of nitrogens with one attached hydrogen (secondary N) is 1. The molecule has 8 heteroatoms. The number of carbonyl (C=O) groups excluding carboxylic acids is 1. The predicted molar refractivity (Wildman–Crippen MR) is 70.0 cm³/mol. The highest BCUT2D eigenvalue weighted by Crippen LogP contribution is 2.25. The number of para-hydroxylation sites is 2. The summed E-state index contributed by atoms with van der Waals surface area (Å²) >= 11 is 0. The summed E-state index contributed by atoms with van der Waals surface area (Å²) in [5.41, 5.74) is 0.156. The standard InChI is InChI=1S/C14H12F2N2O3.ClH/c15-14(16)21-12-6-2-1-5-11(12)17-13(20)9-18-7-3-4-10(19)8-18;/h1-8,14H,9H2,(H-,17,19,20);1H. The van der Waals surface area contributed by atoms with Gasteiger partial charge in [0.15, 0.2) is 11.9 Å². The number of alkyl halides is 2. The molecule has 118 valence electrons. The third-order valence-electron chi connectivity index (χ3n) is 2.55. The molecule has 0 fully saturated rings. The average molecular weight is 331 g/mol. The topological polar surface area (TPSA) is 62.4 Å². The lowest BCUT2D eigenvalue weighted by Crippen LogP contribution is -3.00. The number of amides is 1. The van der Waals surface area contributed by atoms with Crippen LogP contribution >= 0.6 is 0 Å². The van der Waals surface area contributed by atoms with Crippen LogP contribution in [0.25, 0.3) is 0 Å². The van der Waals surface area contributed by atoms with Gasteiger partial charge in [0.1, 0.15) is 5.75 Å². The molecule has 0 radical (unpaired) electrons. The molecule has 0 saturated heterocycles. The molecular formula is C14H13ClF2N2O3. The largest absolute Gasteiger partial charge is 1.00 e. The molecule has 0 saturated carbocycles. The van der Waals surface area contributed by atoms with Crippen LogP contribution in [0.1, 0.15) is 0 Å². The number of rotatable bonds is 5. The zero-order chi connectivity index (χ0) is 15.2. The van der Waals surface area contributed by atoms with E-state index in [9.17, 15) is 18.7 Å². The second kappa shape index (κ2) is 8.14. The van der Waals surface area contributed by atoms with Gasteiger partial charge >= 0.3 is 6.61 Å². The molecule has 2 N–H and O–H groups in total. The highest BCUT2D eigenvalue weighted by molar-refractivity contribution is 5.91. The number of aromatic hydroxyl groups is 1. The maximum absolute atomic E-state index is 12.3. The molecule has 0 bridgehead atoms. The first kappa shape index (κ1) is 17.6. The van der Waals surface area contributed by atoms with Crippen LogP contribution in [0.3, 0.4) is 0 Å². The lowest BCUT2D eigenvalue weighted by molar-refractivity contribution is -0.684. The quantitative estimate of drug-likeness (QED) is 0.686. The Balaban J connectivity index is 0.00000242. The first-order chi connectivity index (χ1) is 10.0. The van der Waals surface area contributed by atoms with Crippen LogP contribution in [0, 0.1) is 0 Å². The SMILES string of the molecule is O=C(C[n+]1cccc(O)c1)Nc1ccccc1OC(F)F.[Cl-]. The minimum Gasteiger partial charge on any atom is -1.00 e. The van der Waals surface area contributed by atoms with Gasteiger partial charge < -0.3 is 27.6 Å². The number of hydrogen-bond donors (Lipinski definition) is 2. The number of ether oxygens (including phenoxy) is 1. The summed E-state index contributed by atoms with van der Waals surface area (Å²) in [6.07, 6.45) is 2.97. The molecule has 0 aliphatic rings. The van der Waals surface area contributed by atoms with Gasteiger partial charge in [-0.05, 0) is 18.2 Å². The van der Waals surface area contributed by atoms with E-state index in [2.05, 4.69) is 10.1 Å². The highest BCUT2D eigenvalue weighted by atomic mass is 35.5. The lowest BCUT2D eigenvalue weighted by atomic mass is 10.3. The van der Waals surface area contributed by atoms with E-state index in [0.29, 0.717) is 0 Å². The molecule has 2 rings (SSSR count).